The van der Waals surface area contributed by atoms with Gasteiger partial charge in [-0.15, -0.1) is 0 Å². The van der Waals surface area contributed by atoms with Crippen molar-refractivity contribution >= 4 is 60.6 Å². The van der Waals surface area contributed by atoms with Crippen molar-refractivity contribution in [3.05, 3.63) is 181 Å². The Balaban J connectivity index is 1.03. The van der Waals surface area contributed by atoms with Gasteiger partial charge in [0, 0.05) is 27.7 Å². The molecule has 1 fully saturated rings. The van der Waals surface area contributed by atoms with E-state index in [-0.39, 0.29) is 12.1 Å². The van der Waals surface area contributed by atoms with Gasteiger partial charge in [-0.3, -0.25) is 9.89 Å². The van der Waals surface area contributed by atoms with Crippen LogP contribution in [0.3, 0.4) is 0 Å². The van der Waals surface area contributed by atoms with Gasteiger partial charge in [0.25, 0.3) is 0 Å². The van der Waals surface area contributed by atoms with Crippen LogP contribution < -0.4 is 5.32 Å². The number of anilines is 2. The van der Waals surface area contributed by atoms with Gasteiger partial charge in [-0.25, -0.2) is 0 Å². The van der Waals surface area contributed by atoms with Gasteiger partial charge in [-0.2, -0.15) is 0 Å². The van der Waals surface area contributed by atoms with Gasteiger partial charge in [0.05, 0.1) is 17.8 Å². The molecule has 0 bridgehead atoms. The molecule has 1 saturated heterocycles. The molecule has 4 heteroatoms. The topological polar surface area (TPSA) is 40.5 Å². The van der Waals surface area contributed by atoms with E-state index in [0.717, 1.165) is 39.0 Å². The van der Waals surface area contributed by atoms with Crippen molar-refractivity contribution < 1.29 is 4.42 Å². The van der Waals surface area contributed by atoms with E-state index in [1.54, 1.807) is 0 Å². The molecule has 1 aromatic heterocycles. The minimum atomic E-state index is -0.485. The summed E-state index contributed by atoms with van der Waals surface area (Å²) in [5, 5.41) is 11.1. The van der Waals surface area contributed by atoms with Crippen molar-refractivity contribution in [2.75, 3.05) is 5.32 Å². The Bertz CT molecular complexity index is 2780. The number of allylic oxidation sites excluding steroid dienone is 2. The summed E-state index contributed by atoms with van der Waals surface area (Å²) in [6.07, 6.45) is 8.68. The monoisotopic (exact) mass is 641 g/mol. The molecule has 2 aliphatic heterocycles. The second-order valence-corrected chi connectivity index (χ2v) is 13.6. The van der Waals surface area contributed by atoms with Crippen molar-refractivity contribution in [3.8, 4) is 11.1 Å². The molecule has 236 valence electrons. The third-order valence-corrected chi connectivity index (χ3v) is 10.8. The Hall–Kier alpha value is -6.23. The van der Waals surface area contributed by atoms with E-state index in [1.807, 2.05) is 12.1 Å². The summed E-state index contributed by atoms with van der Waals surface area (Å²) in [5.41, 5.74) is 9.45. The largest absolute Gasteiger partial charge is 0.456 e. The smallest absolute Gasteiger partial charge is 0.160 e. The molecule has 0 spiro atoms. The van der Waals surface area contributed by atoms with Gasteiger partial charge in [0.15, 0.2) is 5.66 Å². The van der Waals surface area contributed by atoms with E-state index >= 15 is 0 Å². The maximum Gasteiger partial charge on any atom is 0.160 e. The maximum atomic E-state index is 6.21. The molecule has 0 amide bonds. The van der Waals surface area contributed by atoms with E-state index in [1.165, 1.54) is 43.8 Å². The van der Waals surface area contributed by atoms with Crippen molar-refractivity contribution in [1.82, 2.24) is 4.90 Å². The van der Waals surface area contributed by atoms with Gasteiger partial charge < -0.3 is 9.73 Å². The van der Waals surface area contributed by atoms with Crippen LogP contribution in [0.15, 0.2) is 179 Å². The summed E-state index contributed by atoms with van der Waals surface area (Å²) in [6, 6.07) is 52.4. The zero-order valence-corrected chi connectivity index (χ0v) is 27.1. The van der Waals surface area contributed by atoms with Crippen LogP contribution in [0.4, 0.5) is 11.4 Å². The third-order valence-electron chi connectivity index (χ3n) is 10.8. The first-order valence-electron chi connectivity index (χ1n) is 17.3. The Labute approximate surface area is 289 Å². The molecule has 0 radical (unpaired) electrons. The van der Waals surface area contributed by atoms with E-state index < -0.39 is 5.66 Å². The number of hydrogen-bond donors (Lipinski definition) is 1. The predicted molar refractivity (Wildman–Crippen MR) is 206 cm³/mol. The predicted octanol–water partition coefficient (Wildman–Crippen LogP) is 11.5. The summed E-state index contributed by atoms with van der Waals surface area (Å²) in [5.74, 6) is 0. The average molecular weight is 642 g/mol. The molecule has 1 aliphatic carbocycles. The fraction of sp³-hybridized carbons (Fsp3) is 0.0652. The molecule has 3 aliphatic rings. The molecule has 0 saturated carbocycles. The van der Waals surface area contributed by atoms with Crippen molar-refractivity contribution in [3.63, 3.8) is 0 Å². The van der Waals surface area contributed by atoms with Crippen LogP contribution in [0.2, 0.25) is 0 Å². The quantitative estimate of drug-likeness (QED) is 0.190. The second kappa shape index (κ2) is 10.4. The van der Waals surface area contributed by atoms with Crippen LogP contribution in [0.25, 0.3) is 54.6 Å². The van der Waals surface area contributed by atoms with Gasteiger partial charge in [-0.05, 0) is 80.7 Å². The first-order valence-corrected chi connectivity index (χ1v) is 17.3. The van der Waals surface area contributed by atoms with Crippen LogP contribution in [-0.4, -0.2) is 16.7 Å². The summed E-state index contributed by atoms with van der Waals surface area (Å²) in [4.78, 5) is 8.06. The lowest BCUT2D eigenvalue weighted by Gasteiger charge is -2.18. The first kappa shape index (κ1) is 27.7. The molecule has 11 rings (SSSR count). The lowest BCUT2D eigenvalue weighted by atomic mass is 9.92. The molecule has 8 aromatic rings. The Kier molecular flexibility index (Phi) is 5.75. The summed E-state index contributed by atoms with van der Waals surface area (Å²) in [6.45, 7) is 0. The fourth-order valence-electron chi connectivity index (χ4n) is 8.62. The lowest BCUT2D eigenvalue weighted by Crippen LogP contribution is -2.24. The van der Waals surface area contributed by atoms with Gasteiger partial charge in [-0.1, -0.05) is 127 Å². The zero-order chi connectivity index (χ0) is 32.8. The number of hydrogen-bond acceptors (Lipinski definition) is 4. The number of rotatable bonds is 5. The first-order chi connectivity index (χ1) is 24.8. The van der Waals surface area contributed by atoms with E-state index in [0.29, 0.717) is 0 Å². The summed E-state index contributed by atoms with van der Waals surface area (Å²) >= 11 is 0. The van der Waals surface area contributed by atoms with Crippen LogP contribution in [-0.2, 0) is 5.66 Å². The standard InChI is InChI=1S/C46H31N3O/c1-3-16-34-29(11-1)13-10-19-37(34)44-35-17-4-2-12-30(35)23-25-40(44)47-33-15-9-14-31(27-33)45-46(48-39-20-6-7-21-41(39)49(45)46)32-24-26-43-38(28-32)36-18-5-8-22-42(36)50-43/h1-28,41,45,47H. The molecule has 4 nitrogen and oxygen atoms in total. The summed E-state index contributed by atoms with van der Waals surface area (Å²) in [7, 11) is 0. The highest BCUT2D eigenvalue weighted by molar-refractivity contribution is 6.10. The molecular weight excluding hydrogens is 611 g/mol. The van der Waals surface area contributed by atoms with Crippen LogP contribution >= 0.6 is 0 Å². The van der Waals surface area contributed by atoms with Gasteiger partial charge in [0.2, 0.25) is 0 Å². The number of aliphatic imine (C=N–C) groups is 1. The van der Waals surface area contributed by atoms with E-state index in [2.05, 4.69) is 168 Å². The Morgan fingerprint density at radius 1 is 0.620 bits per heavy atom. The molecule has 1 N–H and O–H groups in total. The lowest BCUT2D eigenvalue weighted by molar-refractivity contribution is 0.448. The number of para-hydroxylation sites is 1. The highest BCUT2D eigenvalue weighted by Gasteiger charge is 2.70. The second-order valence-electron chi connectivity index (χ2n) is 13.6. The van der Waals surface area contributed by atoms with Crippen molar-refractivity contribution in [1.29, 1.82) is 0 Å². The normalized spacial score (nSPS) is 21.8. The van der Waals surface area contributed by atoms with Crippen LogP contribution in [0.1, 0.15) is 17.2 Å². The molecule has 50 heavy (non-hydrogen) atoms. The number of furan rings is 1. The van der Waals surface area contributed by atoms with E-state index in [4.69, 9.17) is 9.41 Å². The molecule has 4 unspecified atom stereocenters. The molecule has 4 atom stereocenters. The number of fused-ring (bicyclic) bond motifs is 8. The number of benzene rings is 7. The van der Waals surface area contributed by atoms with E-state index in [9.17, 15) is 0 Å². The van der Waals surface area contributed by atoms with Gasteiger partial charge in [0.1, 0.15) is 11.2 Å². The number of nitrogens with one attached hydrogen (secondary N) is 1. The SMILES string of the molecule is C1=CC2=NC3(c4ccc5oc6ccccc6c5c4)C(c4cccc(Nc5ccc6ccccc6c5-c5cccc6ccccc56)c4)N3C2C=C1. The fourth-order valence-corrected chi connectivity index (χ4v) is 8.62. The van der Waals surface area contributed by atoms with Crippen LogP contribution in [0, 0.1) is 0 Å². The van der Waals surface area contributed by atoms with Crippen LogP contribution in [0.5, 0.6) is 0 Å². The Morgan fingerprint density at radius 3 is 2.30 bits per heavy atom. The van der Waals surface area contributed by atoms with Crippen molar-refractivity contribution in [2.45, 2.75) is 17.7 Å². The average Bonchev–Trinajstić information content (AvgIpc) is 3.49. The number of nitrogens with zero attached hydrogens (tertiary/aromatic N) is 2. The zero-order valence-electron chi connectivity index (χ0n) is 27.1. The van der Waals surface area contributed by atoms with Crippen molar-refractivity contribution in [2.24, 2.45) is 4.99 Å². The van der Waals surface area contributed by atoms with Gasteiger partial charge >= 0.3 is 0 Å². The Morgan fingerprint density at radius 2 is 1.38 bits per heavy atom. The summed E-state index contributed by atoms with van der Waals surface area (Å²) < 4.78 is 6.21. The highest BCUT2D eigenvalue weighted by Crippen LogP contribution is 2.66. The molecule has 7 aromatic carbocycles. The minimum Gasteiger partial charge on any atom is -0.456 e. The molecular formula is C46H31N3O. The maximum absolute atomic E-state index is 6.21. The highest BCUT2D eigenvalue weighted by atomic mass is 16.3. The molecule has 3 heterocycles. The third kappa shape index (κ3) is 3.94. The minimum absolute atomic E-state index is 0.0962.